The van der Waals surface area contributed by atoms with Crippen molar-refractivity contribution in [2.75, 3.05) is 19.5 Å². The number of benzene rings is 3. The van der Waals surface area contributed by atoms with E-state index in [2.05, 4.69) is 10.6 Å². The minimum absolute atomic E-state index is 0.137. The van der Waals surface area contributed by atoms with Crippen molar-refractivity contribution in [2.45, 2.75) is 0 Å². The quantitative estimate of drug-likeness (QED) is 0.597. The van der Waals surface area contributed by atoms with Gasteiger partial charge < -0.3 is 19.9 Å². The highest BCUT2D eigenvalue weighted by Gasteiger charge is 2.12. The summed E-state index contributed by atoms with van der Waals surface area (Å²) in [4.78, 5) is 12.5. The Balaban J connectivity index is 1.79. The number of anilines is 1. The Kier molecular flexibility index (Phi) is 5.42. The SMILES string of the molecule is COc1cc(OC)cc(C(=O)NC(=S)Nc2cccc3c(O)cccc23)c1. The van der Waals surface area contributed by atoms with E-state index in [1.54, 1.807) is 42.5 Å². The van der Waals surface area contributed by atoms with E-state index in [0.29, 0.717) is 28.1 Å². The molecular formula is C20H18N2O4S. The summed E-state index contributed by atoms with van der Waals surface area (Å²) in [6.07, 6.45) is 0. The van der Waals surface area contributed by atoms with Gasteiger partial charge in [0.15, 0.2) is 5.11 Å². The third-order valence-corrected chi connectivity index (χ3v) is 4.19. The van der Waals surface area contributed by atoms with Crippen LogP contribution in [0.2, 0.25) is 0 Å². The molecular weight excluding hydrogens is 364 g/mol. The second kappa shape index (κ2) is 7.92. The van der Waals surface area contributed by atoms with Crippen molar-refractivity contribution >= 4 is 39.7 Å². The lowest BCUT2D eigenvalue weighted by Crippen LogP contribution is -2.34. The van der Waals surface area contributed by atoms with Crippen LogP contribution in [-0.4, -0.2) is 30.3 Å². The molecule has 0 bridgehead atoms. The van der Waals surface area contributed by atoms with Crippen LogP contribution in [0.5, 0.6) is 17.2 Å². The van der Waals surface area contributed by atoms with Gasteiger partial charge in [0.1, 0.15) is 17.2 Å². The summed E-state index contributed by atoms with van der Waals surface area (Å²) in [5.74, 6) is 0.785. The molecule has 6 nitrogen and oxygen atoms in total. The molecule has 3 aromatic rings. The van der Waals surface area contributed by atoms with Crippen molar-refractivity contribution in [1.82, 2.24) is 5.32 Å². The van der Waals surface area contributed by atoms with E-state index in [9.17, 15) is 9.90 Å². The standard InChI is InChI=1S/C20H18N2O4S/c1-25-13-9-12(10-14(11-13)26-2)19(24)22-20(27)21-17-7-3-6-16-15(17)5-4-8-18(16)23/h3-11,23H,1-2H3,(H2,21,22,24,27). The van der Waals surface area contributed by atoms with Gasteiger partial charge >= 0.3 is 0 Å². The highest BCUT2D eigenvalue weighted by Crippen LogP contribution is 2.29. The van der Waals surface area contributed by atoms with E-state index in [0.717, 1.165) is 5.39 Å². The molecule has 0 atom stereocenters. The zero-order valence-corrected chi connectivity index (χ0v) is 15.6. The van der Waals surface area contributed by atoms with Crippen LogP contribution < -0.4 is 20.1 Å². The summed E-state index contributed by atoms with van der Waals surface area (Å²) in [6.45, 7) is 0. The van der Waals surface area contributed by atoms with Crippen LogP contribution in [0, 0.1) is 0 Å². The van der Waals surface area contributed by atoms with Gasteiger partial charge in [-0.3, -0.25) is 10.1 Å². The largest absolute Gasteiger partial charge is 0.507 e. The fourth-order valence-corrected chi connectivity index (χ4v) is 2.87. The first-order valence-corrected chi connectivity index (χ1v) is 8.48. The number of rotatable bonds is 4. The molecule has 0 unspecified atom stereocenters. The number of fused-ring (bicyclic) bond motifs is 1. The van der Waals surface area contributed by atoms with Crippen LogP contribution >= 0.6 is 12.2 Å². The molecule has 0 heterocycles. The molecule has 0 saturated carbocycles. The van der Waals surface area contributed by atoms with Gasteiger partial charge in [-0.05, 0) is 36.5 Å². The van der Waals surface area contributed by atoms with Crippen molar-refractivity contribution in [2.24, 2.45) is 0 Å². The molecule has 3 N–H and O–H groups in total. The summed E-state index contributed by atoms with van der Waals surface area (Å²) in [6, 6.07) is 15.5. The maximum Gasteiger partial charge on any atom is 0.257 e. The first-order valence-electron chi connectivity index (χ1n) is 8.08. The number of phenols is 1. The first kappa shape index (κ1) is 18.5. The number of thiocarbonyl (C=S) groups is 1. The third-order valence-electron chi connectivity index (χ3n) is 3.99. The Morgan fingerprint density at radius 3 is 2.26 bits per heavy atom. The van der Waals surface area contributed by atoms with Crippen LogP contribution in [0.3, 0.4) is 0 Å². The Hall–Kier alpha value is -3.32. The summed E-state index contributed by atoms with van der Waals surface area (Å²) in [5.41, 5.74) is 1.03. The summed E-state index contributed by atoms with van der Waals surface area (Å²) in [7, 11) is 3.02. The van der Waals surface area contributed by atoms with Gasteiger partial charge in [-0.2, -0.15) is 0 Å². The van der Waals surface area contributed by atoms with E-state index in [1.165, 1.54) is 14.2 Å². The maximum atomic E-state index is 12.5. The second-order valence-corrected chi connectivity index (χ2v) is 6.10. The molecule has 0 aliphatic heterocycles. The zero-order valence-electron chi connectivity index (χ0n) is 14.8. The van der Waals surface area contributed by atoms with E-state index in [4.69, 9.17) is 21.7 Å². The monoisotopic (exact) mass is 382 g/mol. The number of nitrogens with one attached hydrogen (secondary N) is 2. The van der Waals surface area contributed by atoms with Crippen LogP contribution in [0.1, 0.15) is 10.4 Å². The Bertz CT molecular complexity index is 998. The number of carbonyl (C=O) groups excluding carboxylic acids is 1. The van der Waals surface area contributed by atoms with Gasteiger partial charge in [0.05, 0.1) is 14.2 Å². The maximum absolute atomic E-state index is 12.5. The fraction of sp³-hybridized carbons (Fsp3) is 0.100. The third kappa shape index (κ3) is 4.09. The van der Waals surface area contributed by atoms with Crippen LogP contribution in [0.25, 0.3) is 10.8 Å². The first-order chi connectivity index (χ1) is 13.0. The number of amides is 1. The van der Waals surface area contributed by atoms with E-state index >= 15 is 0 Å². The number of hydrogen-bond donors (Lipinski definition) is 3. The normalized spacial score (nSPS) is 10.3. The number of phenolic OH excluding ortho intramolecular Hbond substituents is 1. The molecule has 0 saturated heterocycles. The van der Waals surface area contributed by atoms with Gasteiger partial charge in [-0.15, -0.1) is 0 Å². The van der Waals surface area contributed by atoms with Gasteiger partial charge in [-0.25, -0.2) is 0 Å². The number of aromatic hydroxyl groups is 1. The van der Waals surface area contributed by atoms with E-state index < -0.39 is 5.91 Å². The molecule has 3 rings (SSSR count). The molecule has 27 heavy (non-hydrogen) atoms. The molecule has 0 aliphatic carbocycles. The average molecular weight is 382 g/mol. The highest BCUT2D eigenvalue weighted by atomic mass is 32.1. The van der Waals surface area contributed by atoms with Crippen molar-refractivity contribution < 1.29 is 19.4 Å². The minimum Gasteiger partial charge on any atom is -0.507 e. The molecule has 3 aromatic carbocycles. The van der Waals surface area contributed by atoms with Crippen molar-refractivity contribution in [3.63, 3.8) is 0 Å². The van der Waals surface area contributed by atoms with Gasteiger partial charge in [0.2, 0.25) is 0 Å². The van der Waals surface area contributed by atoms with Crippen molar-refractivity contribution in [1.29, 1.82) is 0 Å². The number of hydrogen-bond acceptors (Lipinski definition) is 5. The molecule has 0 radical (unpaired) electrons. The molecule has 0 aliphatic rings. The molecule has 138 valence electrons. The van der Waals surface area contributed by atoms with Crippen LogP contribution in [0.4, 0.5) is 5.69 Å². The van der Waals surface area contributed by atoms with Crippen LogP contribution in [0.15, 0.2) is 54.6 Å². The van der Waals surface area contributed by atoms with Crippen LogP contribution in [-0.2, 0) is 0 Å². The smallest absolute Gasteiger partial charge is 0.257 e. The lowest BCUT2D eigenvalue weighted by molar-refractivity contribution is 0.0977. The summed E-state index contributed by atoms with van der Waals surface area (Å²) < 4.78 is 10.4. The van der Waals surface area contributed by atoms with E-state index in [-0.39, 0.29) is 10.9 Å². The minimum atomic E-state index is -0.396. The lowest BCUT2D eigenvalue weighted by Gasteiger charge is -2.13. The second-order valence-electron chi connectivity index (χ2n) is 5.69. The van der Waals surface area contributed by atoms with Gasteiger partial charge in [0, 0.05) is 28.1 Å². The molecule has 0 fully saturated rings. The predicted molar refractivity (Wildman–Crippen MR) is 109 cm³/mol. The summed E-state index contributed by atoms with van der Waals surface area (Å²) >= 11 is 5.26. The van der Waals surface area contributed by atoms with Crippen molar-refractivity contribution in [3.05, 3.63) is 60.2 Å². The number of methoxy groups -OCH3 is 2. The number of ether oxygens (including phenoxy) is 2. The van der Waals surface area contributed by atoms with E-state index in [1.807, 2.05) is 12.1 Å². The Labute approximate surface area is 161 Å². The average Bonchev–Trinajstić information content (AvgIpc) is 2.68. The summed E-state index contributed by atoms with van der Waals surface area (Å²) in [5, 5.41) is 17.2. The van der Waals surface area contributed by atoms with Gasteiger partial charge in [-0.1, -0.05) is 24.3 Å². The predicted octanol–water partition coefficient (Wildman–Crippen LogP) is 3.69. The topological polar surface area (TPSA) is 79.8 Å². The van der Waals surface area contributed by atoms with Gasteiger partial charge in [0.25, 0.3) is 5.91 Å². The molecule has 0 aromatic heterocycles. The Morgan fingerprint density at radius 2 is 1.59 bits per heavy atom. The number of carbonyl (C=O) groups is 1. The Morgan fingerprint density at radius 1 is 0.963 bits per heavy atom. The lowest BCUT2D eigenvalue weighted by atomic mass is 10.1. The molecule has 7 heteroatoms. The molecule has 0 spiro atoms. The highest BCUT2D eigenvalue weighted by molar-refractivity contribution is 7.80. The zero-order chi connectivity index (χ0) is 19.4. The van der Waals surface area contributed by atoms with Crippen molar-refractivity contribution in [3.8, 4) is 17.2 Å². The fourth-order valence-electron chi connectivity index (χ4n) is 2.67. The molecule has 1 amide bonds.